The number of hydrogen-bond donors (Lipinski definition) is 1. The summed E-state index contributed by atoms with van der Waals surface area (Å²) in [5, 5.41) is 8.64. The first-order chi connectivity index (χ1) is 9.15. The summed E-state index contributed by atoms with van der Waals surface area (Å²) in [6.45, 7) is 5.85. The minimum absolute atomic E-state index is 0.0830. The van der Waals surface area contributed by atoms with E-state index in [0.717, 1.165) is 36.0 Å². The van der Waals surface area contributed by atoms with E-state index in [9.17, 15) is 0 Å². The van der Waals surface area contributed by atoms with Crippen LogP contribution in [0.1, 0.15) is 26.7 Å². The van der Waals surface area contributed by atoms with Gasteiger partial charge in [0.25, 0.3) is 0 Å². The third-order valence-corrected chi connectivity index (χ3v) is 4.30. The van der Waals surface area contributed by atoms with Crippen LogP contribution in [0.25, 0.3) is 0 Å². The highest BCUT2D eigenvalue weighted by Gasteiger charge is 2.26. The van der Waals surface area contributed by atoms with Crippen molar-refractivity contribution in [2.24, 2.45) is 4.99 Å². The molecule has 0 aliphatic carbocycles. The average molecular weight is 282 g/mol. The Kier molecular flexibility index (Phi) is 4.87. The summed E-state index contributed by atoms with van der Waals surface area (Å²) in [5.41, 5.74) is 1.07. The molecule has 2 heterocycles. The summed E-state index contributed by atoms with van der Waals surface area (Å²) < 4.78 is 6.91. The smallest absolute Gasteiger partial charge is 0.161 e. The number of thioether (sulfide) groups is 1. The van der Waals surface area contributed by atoms with Gasteiger partial charge in [0, 0.05) is 19.1 Å². The van der Waals surface area contributed by atoms with Gasteiger partial charge < -0.3 is 10.1 Å². The Labute approximate surface area is 118 Å². The fourth-order valence-electron chi connectivity index (χ4n) is 1.88. The molecule has 0 fully saturated rings. The predicted octanol–water partition coefficient (Wildman–Crippen LogP) is 2.60. The molecule has 19 heavy (non-hydrogen) atoms. The van der Waals surface area contributed by atoms with E-state index < -0.39 is 0 Å². The van der Waals surface area contributed by atoms with E-state index in [1.807, 2.05) is 17.1 Å². The van der Waals surface area contributed by atoms with Gasteiger partial charge in [0.05, 0.1) is 30.6 Å². The van der Waals surface area contributed by atoms with Crippen molar-refractivity contribution in [2.45, 2.75) is 38.8 Å². The molecule has 0 bridgehead atoms. The highest BCUT2D eigenvalue weighted by molar-refractivity contribution is 8.14. The van der Waals surface area contributed by atoms with Crippen LogP contribution in [0.5, 0.6) is 0 Å². The molecule has 1 unspecified atom stereocenters. The van der Waals surface area contributed by atoms with Crippen molar-refractivity contribution in [3.63, 3.8) is 0 Å². The number of nitrogens with one attached hydrogen (secondary N) is 1. The number of anilines is 1. The van der Waals surface area contributed by atoms with Gasteiger partial charge in [0.2, 0.25) is 0 Å². The van der Waals surface area contributed by atoms with Crippen molar-refractivity contribution >= 4 is 22.6 Å². The molecule has 2 rings (SSSR count). The minimum atomic E-state index is 0.0830. The van der Waals surface area contributed by atoms with Crippen molar-refractivity contribution in [3.05, 3.63) is 12.4 Å². The second-order valence-electron chi connectivity index (χ2n) is 4.98. The van der Waals surface area contributed by atoms with Gasteiger partial charge >= 0.3 is 0 Å². The molecule has 6 heteroatoms. The molecule has 0 amide bonds. The highest BCUT2D eigenvalue weighted by Crippen LogP contribution is 2.29. The van der Waals surface area contributed by atoms with E-state index in [2.05, 4.69) is 24.3 Å². The SMILES string of the molecule is CCC1(C)CCSC(Nc2cnn(CCOC)c2)=N1. The van der Waals surface area contributed by atoms with Gasteiger partial charge in [-0.25, -0.2) is 0 Å². The van der Waals surface area contributed by atoms with E-state index >= 15 is 0 Å². The molecule has 1 atom stereocenters. The summed E-state index contributed by atoms with van der Waals surface area (Å²) in [6, 6.07) is 0. The van der Waals surface area contributed by atoms with Crippen molar-refractivity contribution in [2.75, 3.05) is 24.8 Å². The van der Waals surface area contributed by atoms with Crippen molar-refractivity contribution in [1.29, 1.82) is 0 Å². The number of ether oxygens (including phenoxy) is 1. The Morgan fingerprint density at radius 1 is 1.58 bits per heavy atom. The van der Waals surface area contributed by atoms with E-state index in [1.165, 1.54) is 0 Å². The van der Waals surface area contributed by atoms with Crippen molar-refractivity contribution in [1.82, 2.24) is 9.78 Å². The molecule has 1 aliphatic heterocycles. The zero-order chi connectivity index (χ0) is 13.7. The first-order valence-electron chi connectivity index (χ1n) is 6.66. The Balaban J connectivity index is 1.98. The second-order valence-corrected chi connectivity index (χ2v) is 6.06. The zero-order valence-corrected chi connectivity index (χ0v) is 12.7. The molecule has 0 saturated heterocycles. The number of nitrogens with zero attached hydrogens (tertiary/aromatic N) is 3. The average Bonchev–Trinajstić information content (AvgIpc) is 2.84. The zero-order valence-electron chi connectivity index (χ0n) is 11.8. The summed E-state index contributed by atoms with van der Waals surface area (Å²) >= 11 is 1.78. The number of aromatic nitrogens is 2. The number of amidine groups is 1. The third kappa shape index (κ3) is 3.98. The molecule has 106 valence electrons. The van der Waals surface area contributed by atoms with Crippen LogP contribution in [0.3, 0.4) is 0 Å². The molecule has 1 aromatic rings. The van der Waals surface area contributed by atoms with Gasteiger partial charge in [-0.05, 0) is 19.8 Å². The van der Waals surface area contributed by atoms with Crippen LogP contribution in [0.15, 0.2) is 17.4 Å². The van der Waals surface area contributed by atoms with E-state index in [-0.39, 0.29) is 5.54 Å². The van der Waals surface area contributed by atoms with E-state index in [4.69, 9.17) is 9.73 Å². The standard InChI is InChI=1S/C13H22N4OS/c1-4-13(2)5-8-19-12(16-13)15-11-9-14-17(10-11)6-7-18-3/h9-10H,4-8H2,1-3H3,(H,15,16). The van der Waals surface area contributed by atoms with Gasteiger partial charge in [-0.3, -0.25) is 9.67 Å². The fourth-order valence-corrected chi connectivity index (χ4v) is 3.09. The summed E-state index contributed by atoms with van der Waals surface area (Å²) in [4.78, 5) is 4.81. The topological polar surface area (TPSA) is 51.4 Å². The predicted molar refractivity (Wildman–Crippen MR) is 80.9 cm³/mol. The maximum Gasteiger partial charge on any atom is 0.161 e. The minimum Gasteiger partial charge on any atom is -0.383 e. The Hall–Kier alpha value is -1.01. The van der Waals surface area contributed by atoms with Crippen LogP contribution >= 0.6 is 11.8 Å². The highest BCUT2D eigenvalue weighted by atomic mass is 32.2. The van der Waals surface area contributed by atoms with Crippen LogP contribution in [0.4, 0.5) is 5.69 Å². The number of rotatable bonds is 5. The maximum absolute atomic E-state index is 5.04. The Morgan fingerprint density at radius 3 is 3.16 bits per heavy atom. The van der Waals surface area contributed by atoms with Gasteiger partial charge in [-0.2, -0.15) is 5.10 Å². The lowest BCUT2D eigenvalue weighted by atomic mass is 9.97. The van der Waals surface area contributed by atoms with Gasteiger partial charge in [0.15, 0.2) is 5.17 Å². The van der Waals surface area contributed by atoms with Gasteiger partial charge in [-0.15, -0.1) is 0 Å². The van der Waals surface area contributed by atoms with Crippen LogP contribution in [-0.2, 0) is 11.3 Å². The molecule has 0 saturated carbocycles. The third-order valence-electron chi connectivity index (χ3n) is 3.42. The molecular weight excluding hydrogens is 260 g/mol. The molecule has 1 aromatic heterocycles. The largest absolute Gasteiger partial charge is 0.383 e. The molecule has 1 N–H and O–H groups in total. The lowest BCUT2D eigenvalue weighted by Crippen LogP contribution is -2.29. The summed E-state index contributed by atoms with van der Waals surface area (Å²) in [5.74, 6) is 1.12. The molecule has 0 aromatic carbocycles. The molecule has 1 aliphatic rings. The van der Waals surface area contributed by atoms with Crippen LogP contribution in [0.2, 0.25) is 0 Å². The van der Waals surface area contributed by atoms with Crippen LogP contribution in [-0.4, -0.2) is 40.0 Å². The first kappa shape index (κ1) is 14.4. The molecule has 5 nitrogen and oxygen atoms in total. The lowest BCUT2D eigenvalue weighted by Gasteiger charge is -2.29. The van der Waals surface area contributed by atoms with Crippen molar-refractivity contribution < 1.29 is 4.74 Å². The van der Waals surface area contributed by atoms with E-state index in [0.29, 0.717) is 6.61 Å². The van der Waals surface area contributed by atoms with Crippen LogP contribution < -0.4 is 5.32 Å². The first-order valence-corrected chi connectivity index (χ1v) is 7.65. The van der Waals surface area contributed by atoms with Crippen LogP contribution in [0, 0.1) is 0 Å². The quantitative estimate of drug-likeness (QED) is 0.902. The molecule has 0 radical (unpaired) electrons. The number of hydrogen-bond acceptors (Lipinski definition) is 5. The van der Waals surface area contributed by atoms with Gasteiger partial charge in [0.1, 0.15) is 0 Å². The Bertz CT molecular complexity index is 446. The maximum atomic E-state index is 5.04. The van der Waals surface area contributed by atoms with E-state index in [1.54, 1.807) is 18.9 Å². The lowest BCUT2D eigenvalue weighted by molar-refractivity contribution is 0.183. The second kappa shape index (κ2) is 6.43. The molecule has 0 spiro atoms. The summed E-state index contributed by atoms with van der Waals surface area (Å²) in [6.07, 6.45) is 6.04. The fraction of sp³-hybridized carbons (Fsp3) is 0.692. The molecular formula is C13H22N4OS. The normalized spacial score (nSPS) is 23.2. The number of methoxy groups -OCH3 is 1. The number of aliphatic imine (C=N–C) groups is 1. The van der Waals surface area contributed by atoms with Gasteiger partial charge in [-0.1, -0.05) is 18.7 Å². The van der Waals surface area contributed by atoms with Crippen molar-refractivity contribution in [3.8, 4) is 0 Å². The monoisotopic (exact) mass is 282 g/mol. The summed E-state index contributed by atoms with van der Waals surface area (Å²) in [7, 11) is 1.70. The Morgan fingerprint density at radius 2 is 2.42 bits per heavy atom.